The second kappa shape index (κ2) is 7.94. The molecule has 0 saturated carbocycles. The molecule has 0 radical (unpaired) electrons. The Labute approximate surface area is 141 Å². The van der Waals surface area contributed by atoms with E-state index in [1.165, 1.54) is 6.07 Å². The third kappa shape index (κ3) is 4.43. The molecule has 6 nitrogen and oxygen atoms in total. The van der Waals surface area contributed by atoms with Gasteiger partial charge in [0.15, 0.2) is 16.5 Å². The zero-order valence-corrected chi connectivity index (χ0v) is 13.9. The Morgan fingerprint density at radius 1 is 1.26 bits per heavy atom. The summed E-state index contributed by atoms with van der Waals surface area (Å²) in [4.78, 5) is 24.3. The maximum Gasteiger partial charge on any atom is 0.331 e. The van der Waals surface area contributed by atoms with E-state index in [4.69, 9.17) is 9.15 Å². The van der Waals surface area contributed by atoms with E-state index in [2.05, 4.69) is 21.2 Å². The van der Waals surface area contributed by atoms with Gasteiger partial charge in [0, 0.05) is 0 Å². The first-order valence-electron chi connectivity index (χ1n) is 6.98. The average Bonchev–Trinajstić information content (AvgIpc) is 2.99. The number of esters is 1. The lowest BCUT2D eigenvalue weighted by molar-refractivity contribution is -0.148. The molecule has 2 aromatic rings. The SMILES string of the molecule is CCOC(=O)C(NC(=O)c1ccc(Br)o1)C(O)c1ccccc1. The van der Waals surface area contributed by atoms with Gasteiger partial charge in [0.2, 0.25) is 0 Å². The number of hydrogen-bond acceptors (Lipinski definition) is 5. The van der Waals surface area contributed by atoms with Gasteiger partial charge in [-0.15, -0.1) is 0 Å². The van der Waals surface area contributed by atoms with E-state index in [9.17, 15) is 14.7 Å². The number of benzene rings is 1. The second-order valence-electron chi connectivity index (χ2n) is 4.66. The normalized spacial score (nSPS) is 13.2. The van der Waals surface area contributed by atoms with Crippen LogP contribution in [0, 0.1) is 0 Å². The van der Waals surface area contributed by atoms with E-state index in [0.717, 1.165) is 0 Å². The second-order valence-corrected chi connectivity index (χ2v) is 5.44. The molecule has 7 heteroatoms. The zero-order chi connectivity index (χ0) is 16.8. The predicted octanol–water partition coefficient (Wildman–Crippen LogP) is 2.44. The number of aliphatic hydroxyl groups is 1. The monoisotopic (exact) mass is 381 g/mol. The number of amides is 1. The van der Waals surface area contributed by atoms with E-state index in [-0.39, 0.29) is 12.4 Å². The standard InChI is InChI=1S/C16H16BrNO5/c1-2-22-16(21)13(14(19)10-6-4-3-5-7-10)18-15(20)11-8-9-12(17)23-11/h3-9,13-14,19H,2H2,1H3,(H,18,20). The van der Waals surface area contributed by atoms with Crippen molar-refractivity contribution in [3.63, 3.8) is 0 Å². The molecule has 23 heavy (non-hydrogen) atoms. The highest BCUT2D eigenvalue weighted by molar-refractivity contribution is 9.10. The minimum atomic E-state index is -1.24. The van der Waals surface area contributed by atoms with E-state index in [1.807, 2.05) is 0 Å². The minimum absolute atomic E-state index is 0.0198. The third-order valence-electron chi connectivity index (χ3n) is 3.08. The highest BCUT2D eigenvalue weighted by atomic mass is 79.9. The maximum absolute atomic E-state index is 12.2. The van der Waals surface area contributed by atoms with Gasteiger partial charge in [-0.3, -0.25) is 4.79 Å². The molecule has 1 aromatic heterocycles. The van der Waals surface area contributed by atoms with Crippen LogP contribution in [0.15, 0.2) is 51.6 Å². The van der Waals surface area contributed by atoms with Crippen LogP contribution in [0.3, 0.4) is 0 Å². The van der Waals surface area contributed by atoms with Crippen molar-refractivity contribution in [3.05, 3.63) is 58.5 Å². The van der Waals surface area contributed by atoms with Gasteiger partial charge in [-0.25, -0.2) is 4.79 Å². The molecule has 1 amide bonds. The van der Waals surface area contributed by atoms with Crippen molar-refractivity contribution in [3.8, 4) is 0 Å². The Morgan fingerprint density at radius 2 is 1.96 bits per heavy atom. The molecule has 1 aromatic carbocycles. The van der Waals surface area contributed by atoms with Gasteiger partial charge >= 0.3 is 5.97 Å². The number of carbonyl (C=O) groups excluding carboxylic acids is 2. The molecule has 0 bridgehead atoms. The van der Waals surface area contributed by atoms with Gasteiger partial charge in [-0.2, -0.15) is 0 Å². The van der Waals surface area contributed by atoms with Crippen LogP contribution in [0.2, 0.25) is 0 Å². The van der Waals surface area contributed by atoms with Crippen LogP contribution in [-0.4, -0.2) is 29.6 Å². The molecule has 2 rings (SSSR count). The summed E-state index contributed by atoms with van der Waals surface area (Å²) >= 11 is 3.10. The summed E-state index contributed by atoms with van der Waals surface area (Å²) in [5.41, 5.74) is 0.492. The first-order valence-corrected chi connectivity index (χ1v) is 7.78. The Bertz CT molecular complexity index is 670. The molecule has 2 N–H and O–H groups in total. The Kier molecular flexibility index (Phi) is 5.95. The Morgan fingerprint density at radius 3 is 2.52 bits per heavy atom. The van der Waals surface area contributed by atoms with Crippen molar-refractivity contribution in [2.24, 2.45) is 0 Å². The Hall–Kier alpha value is -2.12. The third-order valence-corrected chi connectivity index (χ3v) is 3.51. The molecule has 2 atom stereocenters. The van der Waals surface area contributed by atoms with E-state index < -0.39 is 24.0 Å². The number of nitrogens with one attached hydrogen (secondary N) is 1. The van der Waals surface area contributed by atoms with Crippen LogP contribution >= 0.6 is 15.9 Å². The lowest BCUT2D eigenvalue weighted by atomic mass is 10.0. The molecule has 0 fully saturated rings. The van der Waals surface area contributed by atoms with Crippen molar-refractivity contribution < 1.29 is 23.8 Å². The van der Waals surface area contributed by atoms with Gasteiger partial charge in [0.05, 0.1) is 6.61 Å². The zero-order valence-electron chi connectivity index (χ0n) is 12.4. The summed E-state index contributed by atoms with van der Waals surface area (Å²) in [7, 11) is 0. The molecular formula is C16H16BrNO5. The number of rotatable bonds is 6. The molecule has 0 spiro atoms. The quantitative estimate of drug-likeness (QED) is 0.750. The van der Waals surface area contributed by atoms with Crippen molar-refractivity contribution >= 4 is 27.8 Å². The van der Waals surface area contributed by atoms with E-state index in [1.54, 1.807) is 43.3 Å². The fourth-order valence-corrected chi connectivity index (χ4v) is 2.30. The van der Waals surface area contributed by atoms with Crippen molar-refractivity contribution in [2.75, 3.05) is 6.61 Å². The molecule has 2 unspecified atom stereocenters. The lowest BCUT2D eigenvalue weighted by Crippen LogP contribution is -2.45. The summed E-state index contributed by atoms with van der Waals surface area (Å²) in [6, 6.07) is 10.3. The summed E-state index contributed by atoms with van der Waals surface area (Å²) in [5, 5.41) is 12.9. The molecule has 122 valence electrons. The largest absolute Gasteiger partial charge is 0.464 e. The highest BCUT2D eigenvalue weighted by Crippen LogP contribution is 2.19. The molecule has 0 saturated heterocycles. The van der Waals surface area contributed by atoms with Crippen LogP contribution in [-0.2, 0) is 9.53 Å². The van der Waals surface area contributed by atoms with Crippen molar-refractivity contribution in [2.45, 2.75) is 19.1 Å². The molecule has 1 heterocycles. The average molecular weight is 382 g/mol. The Balaban J connectivity index is 2.20. The molecule has 0 aliphatic rings. The molecular weight excluding hydrogens is 366 g/mol. The summed E-state index contributed by atoms with van der Waals surface area (Å²) in [5.74, 6) is -1.32. The highest BCUT2D eigenvalue weighted by Gasteiger charge is 2.32. The predicted molar refractivity (Wildman–Crippen MR) is 85.7 cm³/mol. The van der Waals surface area contributed by atoms with Crippen LogP contribution in [0.1, 0.15) is 29.1 Å². The molecule has 0 aliphatic heterocycles. The maximum atomic E-state index is 12.2. The van der Waals surface area contributed by atoms with E-state index in [0.29, 0.717) is 10.2 Å². The number of halogens is 1. The summed E-state index contributed by atoms with van der Waals surface area (Å²) < 4.78 is 10.5. The van der Waals surface area contributed by atoms with Gasteiger partial charge in [0.1, 0.15) is 6.10 Å². The summed E-state index contributed by atoms with van der Waals surface area (Å²) in [6.45, 7) is 1.79. The number of aliphatic hydroxyl groups excluding tert-OH is 1. The van der Waals surface area contributed by atoms with Crippen LogP contribution in [0.4, 0.5) is 0 Å². The van der Waals surface area contributed by atoms with Crippen molar-refractivity contribution in [1.82, 2.24) is 5.32 Å². The van der Waals surface area contributed by atoms with E-state index >= 15 is 0 Å². The van der Waals surface area contributed by atoms with Gasteiger partial charge in [-0.05, 0) is 40.5 Å². The fraction of sp³-hybridized carbons (Fsp3) is 0.250. The number of carbonyl (C=O) groups is 2. The topological polar surface area (TPSA) is 88.8 Å². The minimum Gasteiger partial charge on any atom is -0.464 e. The van der Waals surface area contributed by atoms with Crippen LogP contribution in [0.5, 0.6) is 0 Å². The summed E-state index contributed by atoms with van der Waals surface area (Å²) in [6.07, 6.45) is -1.24. The van der Waals surface area contributed by atoms with Gasteiger partial charge < -0.3 is 19.6 Å². The van der Waals surface area contributed by atoms with Crippen LogP contribution < -0.4 is 5.32 Å². The van der Waals surface area contributed by atoms with Crippen LogP contribution in [0.25, 0.3) is 0 Å². The van der Waals surface area contributed by atoms with Gasteiger partial charge in [-0.1, -0.05) is 30.3 Å². The lowest BCUT2D eigenvalue weighted by Gasteiger charge is -2.22. The number of furan rings is 1. The molecule has 0 aliphatic carbocycles. The smallest absolute Gasteiger partial charge is 0.331 e. The van der Waals surface area contributed by atoms with Gasteiger partial charge in [0.25, 0.3) is 5.91 Å². The van der Waals surface area contributed by atoms with Crippen molar-refractivity contribution in [1.29, 1.82) is 0 Å². The number of ether oxygens (including phenoxy) is 1. The number of hydrogen-bond donors (Lipinski definition) is 2. The first kappa shape index (κ1) is 17.2. The first-order chi connectivity index (χ1) is 11.0. The fourth-order valence-electron chi connectivity index (χ4n) is 1.99.